The molecule has 0 bridgehead atoms. The van der Waals surface area contributed by atoms with Crippen molar-refractivity contribution in [3.8, 4) is 0 Å². The number of aliphatic hydroxyl groups is 1. The molecular weight excluding hydrogens is 242 g/mol. The Kier molecular flexibility index (Phi) is 3.21. The maximum atomic E-state index is 8.95. The fraction of sp³-hybridized carbons (Fsp3) is 0.455. The van der Waals surface area contributed by atoms with Crippen LogP contribution in [0.3, 0.4) is 0 Å². The van der Waals surface area contributed by atoms with Gasteiger partial charge in [0.15, 0.2) is 0 Å². The van der Waals surface area contributed by atoms with Gasteiger partial charge in [-0.2, -0.15) is 0 Å². The van der Waals surface area contributed by atoms with Gasteiger partial charge in [-0.15, -0.1) is 0 Å². The summed E-state index contributed by atoms with van der Waals surface area (Å²) in [4.78, 5) is 0. The Hall–Kier alpha value is -0.380. The number of benzene rings is 1. The van der Waals surface area contributed by atoms with Crippen molar-refractivity contribution in [2.45, 2.75) is 18.9 Å². The summed E-state index contributed by atoms with van der Waals surface area (Å²) in [5, 5.41) is 12.4. The van der Waals surface area contributed by atoms with Crippen LogP contribution in [0.4, 0.5) is 0 Å². The molecule has 0 radical (unpaired) electrons. The lowest BCUT2D eigenvalue weighted by molar-refractivity contribution is 0.263. The van der Waals surface area contributed by atoms with Crippen LogP contribution in [-0.4, -0.2) is 18.3 Å². The molecule has 1 atom stereocenters. The maximum Gasteiger partial charge on any atom is 0.0449 e. The molecule has 0 aromatic heterocycles. The average Bonchev–Trinajstić information content (AvgIpc) is 2.18. The van der Waals surface area contributed by atoms with E-state index in [0.717, 1.165) is 23.9 Å². The molecule has 2 rings (SSSR count). The van der Waals surface area contributed by atoms with E-state index in [1.165, 1.54) is 11.1 Å². The summed E-state index contributed by atoms with van der Waals surface area (Å²) in [5.74, 6) is 0. The summed E-state index contributed by atoms with van der Waals surface area (Å²) >= 11 is 3.48. The smallest absolute Gasteiger partial charge is 0.0449 e. The third-order valence-electron chi connectivity index (χ3n) is 2.68. The zero-order valence-corrected chi connectivity index (χ0v) is 9.55. The van der Waals surface area contributed by atoms with Crippen molar-refractivity contribution in [3.05, 3.63) is 33.8 Å². The van der Waals surface area contributed by atoms with Gasteiger partial charge in [-0.3, -0.25) is 0 Å². The van der Waals surface area contributed by atoms with Gasteiger partial charge in [0.05, 0.1) is 0 Å². The van der Waals surface area contributed by atoms with Gasteiger partial charge in [-0.05, 0) is 42.6 Å². The summed E-state index contributed by atoms with van der Waals surface area (Å²) < 4.78 is 1.14. The van der Waals surface area contributed by atoms with Crippen molar-refractivity contribution in [2.75, 3.05) is 13.2 Å². The van der Waals surface area contributed by atoms with Crippen LogP contribution < -0.4 is 5.32 Å². The monoisotopic (exact) mass is 255 g/mol. The van der Waals surface area contributed by atoms with Crippen LogP contribution in [0.1, 0.15) is 23.6 Å². The molecule has 0 saturated heterocycles. The van der Waals surface area contributed by atoms with Crippen LogP contribution in [-0.2, 0) is 6.42 Å². The lowest BCUT2D eigenvalue weighted by atomic mass is 9.93. The van der Waals surface area contributed by atoms with Crippen LogP contribution in [0.25, 0.3) is 0 Å². The fourth-order valence-electron chi connectivity index (χ4n) is 2.01. The molecule has 3 heteroatoms. The first kappa shape index (κ1) is 10.1. The van der Waals surface area contributed by atoms with Gasteiger partial charge in [0, 0.05) is 17.1 Å². The summed E-state index contributed by atoms with van der Waals surface area (Å²) in [6.07, 6.45) is 1.88. The Balaban J connectivity index is 2.30. The van der Waals surface area contributed by atoms with Crippen molar-refractivity contribution in [3.63, 3.8) is 0 Å². The number of nitrogens with one attached hydrogen (secondary N) is 1. The largest absolute Gasteiger partial charge is 0.396 e. The van der Waals surface area contributed by atoms with Crippen molar-refractivity contribution in [1.29, 1.82) is 0 Å². The molecule has 1 heterocycles. The molecule has 0 saturated carbocycles. The predicted octanol–water partition coefficient (Wildman–Crippen LogP) is 2.02. The molecule has 0 spiro atoms. The van der Waals surface area contributed by atoms with E-state index >= 15 is 0 Å². The SMILES string of the molecule is OCCC1NCCc2cc(Br)ccc21. The molecule has 0 fully saturated rings. The second-order valence-corrected chi connectivity index (χ2v) is 4.53. The number of fused-ring (bicyclic) bond motifs is 1. The van der Waals surface area contributed by atoms with E-state index in [4.69, 9.17) is 5.11 Å². The maximum absolute atomic E-state index is 8.95. The molecule has 1 aromatic rings. The molecule has 76 valence electrons. The number of hydrogen-bond acceptors (Lipinski definition) is 2. The molecular formula is C11H14BrNO. The van der Waals surface area contributed by atoms with E-state index < -0.39 is 0 Å². The minimum absolute atomic E-state index is 0.243. The zero-order valence-electron chi connectivity index (χ0n) is 7.96. The number of halogens is 1. The van der Waals surface area contributed by atoms with Crippen molar-refractivity contribution < 1.29 is 5.11 Å². The van der Waals surface area contributed by atoms with E-state index in [2.05, 4.69) is 39.4 Å². The van der Waals surface area contributed by atoms with Crippen LogP contribution in [0, 0.1) is 0 Å². The molecule has 1 aliphatic heterocycles. The molecule has 2 N–H and O–H groups in total. The summed E-state index contributed by atoms with van der Waals surface area (Å²) in [7, 11) is 0. The molecule has 0 aliphatic carbocycles. The molecule has 1 unspecified atom stereocenters. The second kappa shape index (κ2) is 4.43. The van der Waals surface area contributed by atoms with Gasteiger partial charge in [0.25, 0.3) is 0 Å². The highest BCUT2D eigenvalue weighted by atomic mass is 79.9. The van der Waals surface area contributed by atoms with Gasteiger partial charge in [-0.25, -0.2) is 0 Å². The van der Waals surface area contributed by atoms with E-state index in [9.17, 15) is 0 Å². The first-order valence-corrected chi connectivity index (χ1v) is 5.73. The first-order valence-electron chi connectivity index (χ1n) is 4.94. The standard InChI is InChI=1S/C11H14BrNO/c12-9-1-2-10-8(7-9)3-5-13-11(10)4-6-14/h1-2,7,11,13-14H,3-6H2. The Morgan fingerprint density at radius 3 is 3.14 bits per heavy atom. The number of aliphatic hydroxyl groups excluding tert-OH is 1. The van der Waals surface area contributed by atoms with E-state index in [0.29, 0.717) is 6.04 Å². The van der Waals surface area contributed by atoms with Crippen molar-refractivity contribution in [1.82, 2.24) is 5.32 Å². The van der Waals surface area contributed by atoms with Crippen molar-refractivity contribution >= 4 is 15.9 Å². The average molecular weight is 256 g/mol. The van der Waals surface area contributed by atoms with E-state index in [1.807, 2.05) is 0 Å². The summed E-state index contributed by atoms with van der Waals surface area (Å²) in [5.41, 5.74) is 2.74. The van der Waals surface area contributed by atoms with Gasteiger partial charge in [0.2, 0.25) is 0 Å². The fourth-order valence-corrected chi connectivity index (χ4v) is 2.42. The van der Waals surface area contributed by atoms with Gasteiger partial charge >= 0.3 is 0 Å². The molecule has 1 aromatic carbocycles. The van der Waals surface area contributed by atoms with Crippen LogP contribution in [0.15, 0.2) is 22.7 Å². The minimum Gasteiger partial charge on any atom is -0.396 e. The quantitative estimate of drug-likeness (QED) is 0.848. The highest BCUT2D eigenvalue weighted by molar-refractivity contribution is 9.10. The lowest BCUT2D eigenvalue weighted by Gasteiger charge is -2.26. The minimum atomic E-state index is 0.243. The summed E-state index contributed by atoms with van der Waals surface area (Å²) in [6, 6.07) is 6.72. The normalized spacial score (nSPS) is 20.6. The third kappa shape index (κ3) is 2.00. The van der Waals surface area contributed by atoms with Crippen LogP contribution >= 0.6 is 15.9 Å². The predicted molar refractivity (Wildman–Crippen MR) is 60.3 cm³/mol. The lowest BCUT2D eigenvalue weighted by Crippen LogP contribution is -2.30. The first-order chi connectivity index (χ1) is 6.81. The third-order valence-corrected chi connectivity index (χ3v) is 3.18. The van der Waals surface area contributed by atoms with Crippen molar-refractivity contribution in [2.24, 2.45) is 0 Å². The Bertz CT molecular complexity index is 327. The van der Waals surface area contributed by atoms with E-state index in [-0.39, 0.29) is 6.61 Å². The molecule has 14 heavy (non-hydrogen) atoms. The second-order valence-electron chi connectivity index (χ2n) is 3.61. The highest BCUT2D eigenvalue weighted by Crippen LogP contribution is 2.27. The molecule has 2 nitrogen and oxygen atoms in total. The summed E-state index contributed by atoms with van der Waals surface area (Å²) in [6.45, 7) is 1.25. The highest BCUT2D eigenvalue weighted by Gasteiger charge is 2.18. The molecule has 0 amide bonds. The van der Waals surface area contributed by atoms with E-state index in [1.54, 1.807) is 0 Å². The van der Waals surface area contributed by atoms with Gasteiger partial charge in [0.1, 0.15) is 0 Å². The Morgan fingerprint density at radius 1 is 1.50 bits per heavy atom. The Morgan fingerprint density at radius 2 is 2.36 bits per heavy atom. The topological polar surface area (TPSA) is 32.3 Å². The van der Waals surface area contributed by atoms with Crippen LogP contribution in [0.5, 0.6) is 0 Å². The van der Waals surface area contributed by atoms with Crippen LogP contribution in [0.2, 0.25) is 0 Å². The number of hydrogen-bond donors (Lipinski definition) is 2. The zero-order chi connectivity index (χ0) is 9.97. The van der Waals surface area contributed by atoms with Gasteiger partial charge in [-0.1, -0.05) is 22.0 Å². The molecule has 1 aliphatic rings. The van der Waals surface area contributed by atoms with Gasteiger partial charge < -0.3 is 10.4 Å². The number of rotatable bonds is 2. The Labute approximate surface area is 92.5 Å².